The highest BCUT2D eigenvalue weighted by Crippen LogP contribution is 2.12. The standard InChI is InChI=1S/C10H14N4O/c1-4-5-11-6-9(15)12-10-7(2)8(3)13-14-10/h1,11H,5-6H2,2-3H3,(H2,12,13,14,15). The summed E-state index contributed by atoms with van der Waals surface area (Å²) < 4.78 is 0. The van der Waals surface area contributed by atoms with Crippen LogP contribution in [0.25, 0.3) is 0 Å². The molecule has 0 aliphatic heterocycles. The van der Waals surface area contributed by atoms with Crippen LogP contribution in [-0.4, -0.2) is 29.2 Å². The van der Waals surface area contributed by atoms with Gasteiger partial charge in [-0.05, 0) is 13.8 Å². The molecular weight excluding hydrogens is 192 g/mol. The van der Waals surface area contributed by atoms with E-state index < -0.39 is 0 Å². The Morgan fingerprint density at radius 2 is 2.33 bits per heavy atom. The van der Waals surface area contributed by atoms with Crippen molar-refractivity contribution < 1.29 is 4.79 Å². The summed E-state index contributed by atoms with van der Waals surface area (Å²) in [5.41, 5.74) is 1.89. The molecule has 0 aliphatic carbocycles. The minimum Gasteiger partial charge on any atom is -0.308 e. The number of terminal acetylenes is 1. The van der Waals surface area contributed by atoms with Crippen LogP contribution in [0.1, 0.15) is 11.3 Å². The molecule has 0 bridgehead atoms. The van der Waals surface area contributed by atoms with Gasteiger partial charge in [-0.15, -0.1) is 6.42 Å². The molecule has 5 nitrogen and oxygen atoms in total. The first-order valence-corrected chi connectivity index (χ1v) is 4.60. The van der Waals surface area contributed by atoms with Gasteiger partial charge in [0.25, 0.3) is 0 Å². The van der Waals surface area contributed by atoms with Gasteiger partial charge in [0.15, 0.2) is 5.82 Å². The highest BCUT2D eigenvalue weighted by Gasteiger charge is 2.08. The second-order valence-electron chi connectivity index (χ2n) is 3.18. The smallest absolute Gasteiger partial charge is 0.239 e. The van der Waals surface area contributed by atoms with Gasteiger partial charge in [-0.25, -0.2) is 0 Å². The first kappa shape index (κ1) is 11.3. The van der Waals surface area contributed by atoms with Crippen LogP contribution in [0.4, 0.5) is 5.82 Å². The fourth-order valence-electron chi connectivity index (χ4n) is 1.03. The molecule has 1 amide bonds. The minimum atomic E-state index is -0.153. The van der Waals surface area contributed by atoms with Gasteiger partial charge in [0.1, 0.15) is 0 Å². The summed E-state index contributed by atoms with van der Waals surface area (Å²) in [6.45, 7) is 4.36. The van der Waals surface area contributed by atoms with Gasteiger partial charge < -0.3 is 5.32 Å². The number of aromatic nitrogens is 2. The molecule has 1 aromatic rings. The molecule has 0 aliphatic rings. The molecule has 0 fully saturated rings. The van der Waals surface area contributed by atoms with Gasteiger partial charge >= 0.3 is 0 Å². The maximum atomic E-state index is 11.4. The second kappa shape index (κ2) is 5.17. The van der Waals surface area contributed by atoms with Crippen LogP contribution in [0.5, 0.6) is 0 Å². The summed E-state index contributed by atoms with van der Waals surface area (Å²) in [5, 5.41) is 12.2. The van der Waals surface area contributed by atoms with Crippen molar-refractivity contribution in [2.24, 2.45) is 0 Å². The number of hydrogen-bond donors (Lipinski definition) is 3. The van der Waals surface area contributed by atoms with Crippen LogP contribution in [-0.2, 0) is 4.79 Å². The van der Waals surface area contributed by atoms with Crippen molar-refractivity contribution in [3.05, 3.63) is 11.3 Å². The number of carbonyl (C=O) groups excluding carboxylic acids is 1. The van der Waals surface area contributed by atoms with Gasteiger partial charge in [0.05, 0.1) is 13.1 Å². The topological polar surface area (TPSA) is 69.8 Å². The average molecular weight is 206 g/mol. The molecule has 1 rings (SSSR count). The number of anilines is 1. The van der Waals surface area contributed by atoms with Crippen molar-refractivity contribution in [2.45, 2.75) is 13.8 Å². The molecule has 0 atom stereocenters. The van der Waals surface area contributed by atoms with E-state index in [0.717, 1.165) is 11.3 Å². The maximum Gasteiger partial charge on any atom is 0.239 e. The lowest BCUT2D eigenvalue weighted by molar-refractivity contribution is -0.115. The molecule has 1 heterocycles. The Kier molecular flexibility index (Phi) is 3.89. The van der Waals surface area contributed by atoms with Crippen molar-refractivity contribution in [3.63, 3.8) is 0 Å². The number of amides is 1. The van der Waals surface area contributed by atoms with Gasteiger partial charge in [-0.2, -0.15) is 5.10 Å². The van der Waals surface area contributed by atoms with Crippen molar-refractivity contribution in [3.8, 4) is 12.3 Å². The molecule has 1 aromatic heterocycles. The number of aryl methyl sites for hydroxylation is 1. The molecule has 5 heteroatoms. The predicted octanol–water partition coefficient (Wildman–Crippen LogP) is 0.188. The summed E-state index contributed by atoms with van der Waals surface area (Å²) in [7, 11) is 0. The largest absolute Gasteiger partial charge is 0.308 e. The van der Waals surface area contributed by atoms with E-state index in [9.17, 15) is 4.79 Å². The molecule has 15 heavy (non-hydrogen) atoms. The Labute approximate surface area is 88.6 Å². The first-order chi connectivity index (χ1) is 7.15. The monoisotopic (exact) mass is 206 g/mol. The number of nitrogens with one attached hydrogen (secondary N) is 3. The third kappa shape index (κ3) is 3.11. The first-order valence-electron chi connectivity index (χ1n) is 4.60. The van der Waals surface area contributed by atoms with Crippen molar-refractivity contribution in [1.29, 1.82) is 0 Å². The van der Waals surface area contributed by atoms with E-state index in [-0.39, 0.29) is 12.5 Å². The Bertz CT molecular complexity index is 389. The molecule has 0 saturated carbocycles. The van der Waals surface area contributed by atoms with Crippen LogP contribution < -0.4 is 10.6 Å². The molecular formula is C10H14N4O. The number of rotatable bonds is 4. The predicted molar refractivity (Wildman–Crippen MR) is 58.4 cm³/mol. The van der Waals surface area contributed by atoms with Gasteiger partial charge in [0.2, 0.25) is 5.91 Å². The zero-order valence-electron chi connectivity index (χ0n) is 8.85. The lowest BCUT2D eigenvalue weighted by Gasteiger charge is -2.02. The highest BCUT2D eigenvalue weighted by molar-refractivity contribution is 5.92. The lowest BCUT2D eigenvalue weighted by Crippen LogP contribution is -2.28. The number of nitrogens with zero attached hydrogens (tertiary/aromatic N) is 1. The fourth-order valence-corrected chi connectivity index (χ4v) is 1.03. The number of carbonyl (C=O) groups is 1. The third-order valence-corrected chi connectivity index (χ3v) is 2.02. The molecule has 3 N–H and O–H groups in total. The zero-order chi connectivity index (χ0) is 11.3. The van der Waals surface area contributed by atoms with Crippen LogP contribution >= 0.6 is 0 Å². The summed E-state index contributed by atoms with van der Waals surface area (Å²) in [6.07, 6.45) is 5.03. The van der Waals surface area contributed by atoms with E-state index in [1.807, 2.05) is 13.8 Å². The molecule has 0 saturated heterocycles. The van der Waals surface area contributed by atoms with Gasteiger partial charge in [-0.3, -0.25) is 15.2 Å². The summed E-state index contributed by atoms with van der Waals surface area (Å²) >= 11 is 0. The SMILES string of the molecule is C#CCNCC(=O)Nc1n[nH]c(C)c1C. The Hall–Kier alpha value is -1.80. The molecule has 0 spiro atoms. The average Bonchev–Trinajstić information content (AvgIpc) is 2.50. The Morgan fingerprint density at radius 1 is 1.60 bits per heavy atom. The summed E-state index contributed by atoms with van der Waals surface area (Å²) in [4.78, 5) is 11.4. The minimum absolute atomic E-state index is 0.153. The molecule has 0 radical (unpaired) electrons. The van der Waals surface area contributed by atoms with E-state index >= 15 is 0 Å². The second-order valence-corrected chi connectivity index (χ2v) is 3.18. The highest BCUT2D eigenvalue weighted by atomic mass is 16.2. The normalized spacial score (nSPS) is 9.67. The lowest BCUT2D eigenvalue weighted by atomic mass is 10.3. The maximum absolute atomic E-state index is 11.4. The number of hydrogen-bond acceptors (Lipinski definition) is 3. The van der Waals surface area contributed by atoms with Crippen LogP contribution in [0.2, 0.25) is 0 Å². The van der Waals surface area contributed by atoms with E-state index in [1.165, 1.54) is 0 Å². The van der Waals surface area contributed by atoms with Crippen LogP contribution in [0.15, 0.2) is 0 Å². The molecule has 0 aromatic carbocycles. The summed E-state index contributed by atoms with van der Waals surface area (Å²) in [5.74, 6) is 2.81. The van der Waals surface area contributed by atoms with Crippen LogP contribution in [0.3, 0.4) is 0 Å². The van der Waals surface area contributed by atoms with Crippen molar-refractivity contribution in [1.82, 2.24) is 15.5 Å². The molecule has 0 unspecified atom stereocenters. The van der Waals surface area contributed by atoms with Crippen molar-refractivity contribution >= 4 is 11.7 Å². The Balaban J connectivity index is 2.45. The van der Waals surface area contributed by atoms with Gasteiger partial charge in [0, 0.05) is 11.3 Å². The summed E-state index contributed by atoms with van der Waals surface area (Å²) in [6, 6.07) is 0. The molecule has 80 valence electrons. The third-order valence-electron chi connectivity index (χ3n) is 2.02. The van der Waals surface area contributed by atoms with E-state index in [1.54, 1.807) is 0 Å². The zero-order valence-corrected chi connectivity index (χ0v) is 8.85. The quantitative estimate of drug-likeness (QED) is 0.486. The van der Waals surface area contributed by atoms with E-state index in [4.69, 9.17) is 6.42 Å². The van der Waals surface area contributed by atoms with Gasteiger partial charge in [-0.1, -0.05) is 5.92 Å². The van der Waals surface area contributed by atoms with Crippen molar-refractivity contribution in [2.75, 3.05) is 18.4 Å². The fraction of sp³-hybridized carbons (Fsp3) is 0.400. The van der Waals surface area contributed by atoms with E-state index in [0.29, 0.717) is 12.4 Å². The van der Waals surface area contributed by atoms with E-state index in [2.05, 4.69) is 26.8 Å². The number of aromatic amines is 1. The number of H-pyrrole nitrogens is 1. The Morgan fingerprint density at radius 3 is 2.87 bits per heavy atom. The van der Waals surface area contributed by atoms with Crippen LogP contribution in [0, 0.1) is 26.2 Å².